The van der Waals surface area contributed by atoms with Crippen molar-refractivity contribution in [3.05, 3.63) is 65.2 Å². The highest BCUT2D eigenvalue weighted by Crippen LogP contribution is 2.37. The highest BCUT2D eigenvalue weighted by Gasteiger charge is 2.33. The van der Waals surface area contributed by atoms with Crippen molar-refractivity contribution in [2.75, 3.05) is 13.1 Å². The van der Waals surface area contributed by atoms with E-state index in [4.69, 9.17) is 4.74 Å². The van der Waals surface area contributed by atoms with Crippen molar-refractivity contribution in [2.24, 2.45) is 5.92 Å². The first-order chi connectivity index (χ1) is 16.3. The van der Waals surface area contributed by atoms with Gasteiger partial charge in [0, 0.05) is 18.0 Å². The summed E-state index contributed by atoms with van der Waals surface area (Å²) in [5, 5.41) is 14.0. The second-order valence-corrected chi connectivity index (χ2v) is 11.2. The normalized spacial score (nSPS) is 18.8. The van der Waals surface area contributed by atoms with Gasteiger partial charge < -0.3 is 15.2 Å². The van der Waals surface area contributed by atoms with Gasteiger partial charge in [-0.05, 0) is 80.8 Å². The monoisotopic (exact) mass is 510 g/mol. The van der Waals surface area contributed by atoms with Gasteiger partial charge in [-0.3, -0.25) is 0 Å². The van der Waals surface area contributed by atoms with Gasteiger partial charge >= 0.3 is 12.3 Å². The van der Waals surface area contributed by atoms with Crippen molar-refractivity contribution >= 4 is 18.0 Å². The van der Waals surface area contributed by atoms with Gasteiger partial charge in [-0.15, -0.1) is 0 Å². The largest absolute Gasteiger partial charge is 0.444 e. The molecule has 0 fully saturated rings. The molecule has 35 heavy (non-hydrogen) atoms. The van der Waals surface area contributed by atoms with Crippen LogP contribution in [0.4, 0.5) is 18.0 Å². The van der Waals surface area contributed by atoms with Crippen molar-refractivity contribution in [2.45, 2.75) is 69.4 Å². The van der Waals surface area contributed by atoms with Crippen LogP contribution in [0.3, 0.4) is 0 Å². The highest BCUT2D eigenvalue weighted by molar-refractivity contribution is 7.97. The minimum Gasteiger partial charge on any atom is -0.444 e. The highest BCUT2D eigenvalue weighted by atomic mass is 32.2. The van der Waals surface area contributed by atoms with Crippen LogP contribution in [0.2, 0.25) is 0 Å². The van der Waals surface area contributed by atoms with E-state index in [2.05, 4.69) is 5.32 Å². The number of carbonyl (C=O) groups is 1. The van der Waals surface area contributed by atoms with Crippen molar-refractivity contribution in [3.8, 4) is 0 Å². The number of hydrogen-bond acceptors (Lipinski definition) is 5. The van der Waals surface area contributed by atoms with E-state index < -0.39 is 35.6 Å². The standard InChI is InChI=1S/C26H33F3N2O3S/c1-17-12-19-14-20(26(27,28)29)10-11-23(19)35-31(15-17)16-22(32)21(13-18-8-6-5-7-9-18)30-24(33)34-25(2,3)4/h5-11,14,17,21-22,32H,12-13,15-16H2,1-4H3,(H,30,33)/t17-,21+,22-/m1/s1. The number of rotatable bonds is 6. The second-order valence-electron chi connectivity index (χ2n) is 10.1. The van der Waals surface area contributed by atoms with Crippen LogP contribution >= 0.6 is 11.9 Å². The zero-order valence-electron chi connectivity index (χ0n) is 20.4. The maximum Gasteiger partial charge on any atom is 0.416 e. The number of benzene rings is 2. The molecule has 0 saturated heterocycles. The number of aliphatic hydroxyl groups is 1. The smallest absolute Gasteiger partial charge is 0.416 e. The average Bonchev–Trinajstić information content (AvgIpc) is 2.88. The predicted molar refractivity (Wildman–Crippen MR) is 131 cm³/mol. The van der Waals surface area contributed by atoms with Crippen molar-refractivity contribution in [3.63, 3.8) is 0 Å². The third kappa shape index (κ3) is 8.44. The summed E-state index contributed by atoms with van der Waals surface area (Å²) in [4.78, 5) is 13.2. The van der Waals surface area contributed by atoms with Gasteiger partial charge in [0.25, 0.3) is 0 Å². The Balaban J connectivity index is 1.76. The number of nitrogens with zero attached hydrogens (tertiary/aromatic N) is 1. The molecular weight excluding hydrogens is 477 g/mol. The fourth-order valence-electron chi connectivity index (χ4n) is 4.03. The van der Waals surface area contributed by atoms with E-state index >= 15 is 0 Å². The summed E-state index contributed by atoms with van der Waals surface area (Å²) in [6.45, 7) is 8.10. The van der Waals surface area contributed by atoms with Gasteiger partial charge in [0.05, 0.1) is 17.7 Å². The summed E-state index contributed by atoms with van der Waals surface area (Å²) in [6.07, 6.45) is -5.01. The number of amides is 1. The number of β-amino-alcohol motifs (C(OH)–C–C–N with tert-alkyl or cyclic N) is 1. The molecule has 0 saturated carbocycles. The summed E-state index contributed by atoms with van der Waals surface area (Å²) < 4.78 is 46.9. The van der Waals surface area contributed by atoms with Gasteiger partial charge in [0.2, 0.25) is 0 Å². The summed E-state index contributed by atoms with van der Waals surface area (Å²) >= 11 is 1.34. The van der Waals surface area contributed by atoms with Crippen LogP contribution in [0.5, 0.6) is 0 Å². The zero-order valence-corrected chi connectivity index (χ0v) is 21.2. The van der Waals surface area contributed by atoms with Gasteiger partial charge in [0.15, 0.2) is 0 Å². The Morgan fingerprint density at radius 3 is 2.51 bits per heavy atom. The SMILES string of the molecule is C[C@@H]1Cc2cc(C(F)(F)F)ccc2SN(C[C@@H](O)[C@H](Cc2ccccc2)NC(=O)OC(C)(C)C)C1. The van der Waals surface area contributed by atoms with Crippen LogP contribution in [0.1, 0.15) is 44.4 Å². The minimum absolute atomic E-state index is 0.0887. The zero-order chi connectivity index (χ0) is 25.8. The molecule has 1 aliphatic heterocycles. The van der Waals surface area contributed by atoms with Crippen LogP contribution in [-0.4, -0.2) is 46.3 Å². The van der Waals surface area contributed by atoms with Gasteiger partial charge in [-0.1, -0.05) is 37.3 Å². The Morgan fingerprint density at radius 1 is 1.20 bits per heavy atom. The van der Waals surface area contributed by atoms with E-state index in [1.807, 2.05) is 41.6 Å². The molecule has 0 unspecified atom stereocenters. The van der Waals surface area contributed by atoms with Crippen LogP contribution in [0, 0.1) is 5.92 Å². The van der Waals surface area contributed by atoms with Crippen molar-refractivity contribution in [1.29, 1.82) is 0 Å². The fourth-order valence-corrected chi connectivity index (χ4v) is 5.25. The number of alkyl halides is 3. The van der Waals surface area contributed by atoms with Crippen LogP contribution < -0.4 is 5.32 Å². The molecule has 0 spiro atoms. The summed E-state index contributed by atoms with van der Waals surface area (Å²) in [6, 6.07) is 12.7. The molecule has 0 radical (unpaired) electrons. The first kappa shape index (κ1) is 27.4. The number of nitrogens with one attached hydrogen (secondary N) is 1. The Kier molecular flexibility index (Phi) is 8.77. The first-order valence-electron chi connectivity index (χ1n) is 11.6. The molecule has 0 aromatic heterocycles. The maximum absolute atomic E-state index is 13.2. The van der Waals surface area contributed by atoms with Crippen LogP contribution in [0.15, 0.2) is 53.4 Å². The Bertz CT molecular complexity index is 996. The molecule has 2 N–H and O–H groups in total. The number of halogens is 3. The maximum atomic E-state index is 13.2. The Morgan fingerprint density at radius 2 is 1.89 bits per heavy atom. The van der Waals surface area contributed by atoms with Gasteiger partial charge in [-0.2, -0.15) is 13.2 Å². The molecule has 1 amide bonds. The second kappa shape index (κ2) is 11.2. The molecule has 3 atom stereocenters. The molecule has 192 valence electrons. The van der Waals surface area contributed by atoms with Gasteiger partial charge in [-0.25, -0.2) is 9.10 Å². The van der Waals surface area contributed by atoms with Crippen LogP contribution in [-0.2, 0) is 23.8 Å². The molecule has 5 nitrogen and oxygen atoms in total. The number of carbonyl (C=O) groups excluding carboxylic acids is 1. The van der Waals surface area contributed by atoms with E-state index in [9.17, 15) is 23.1 Å². The molecule has 0 bridgehead atoms. The van der Waals surface area contributed by atoms with Crippen molar-refractivity contribution in [1.82, 2.24) is 9.62 Å². The third-order valence-electron chi connectivity index (χ3n) is 5.55. The molecule has 3 rings (SSSR count). The Labute approximate surface area is 209 Å². The van der Waals surface area contributed by atoms with E-state index in [1.54, 1.807) is 20.8 Å². The van der Waals surface area contributed by atoms with Crippen molar-refractivity contribution < 1.29 is 27.8 Å². The first-order valence-corrected chi connectivity index (χ1v) is 12.4. The minimum atomic E-state index is -4.39. The van der Waals surface area contributed by atoms with E-state index in [-0.39, 0.29) is 12.5 Å². The van der Waals surface area contributed by atoms with Crippen LogP contribution in [0.25, 0.3) is 0 Å². The number of alkyl carbamates (subject to hydrolysis) is 1. The topological polar surface area (TPSA) is 61.8 Å². The quantitative estimate of drug-likeness (QED) is 0.488. The fraction of sp³-hybridized carbons (Fsp3) is 0.500. The van der Waals surface area contributed by atoms with Gasteiger partial charge in [0.1, 0.15) is 5.60 Å². The van der Waals surface area contributed by atoms with E-state index in [0.717, 1.165) is 16.5 Å². The lowest BCUT2D eigenvalue weighted by Gasteiger charge is -2.30. The number of fused-ring (bicyclic) bond motifs is 1. The Hall–Kier alpha value is -2.23. The lowest BCUT2D eigenvalue weighted by molar-refractivity contribution is -0.137. The molecule has 1 aliphatic rings. The molecule has 9 heteroatoms. The molecule has 2 aromatic rings. The number of hydrogen-bond donors (Lipinski definition) is 2. The predicted octanol–water partition coefficient (Wildman–Crippen LogP) is 5.70. The molecule has 1 heterocycles. The summed E-state index contributed by atoms with van der Waals surface area (Å²) in [5.41, 5.74) is 0.278. The lowest BCUT2D eigenvalue weighted by atomic mass is 9.98. The molecule has 0 aliphatic carbocycles. The van der Waals surface area contributed by atoms with E-state index in [1.165, 1.54) is 24.1 Å². The third-order valence-corrected chi connectivity index (χ3v) is 6.71. The summed E-state index contributed by atoms with van der Waals surface area (Å²) in [7, 11) is 0. The number of ether oxygens (including phenoxy) is 1. The molecular formula is C26H33F3N2O3S. The lowest BCUT2D eigenvalue weighted by Crippen LogP contribution is -2.50. The van der Waals surface area contributed by atoms with E-state index in [0.29, 0.717) is 24.9 Å². The average molecular weight is 511 g/mol. The molecule has 2 aromatic carbocycles. The summed E-state index contributed by atoms with van der Waals surface area (Å²) in [5.74, 6) is 0.0887. The number of aliphatic hydroxyl groups excluding tert-OH is 1.